The number of rotatable bonds is 5. The molecule has 1 N–H and O–H groups in total. The van der Waals surface area contributed by atoms with Crippen LogP contribution in [0.5, 0.6) is 0 Å². The third kappa shape index (κ3) is 4.05. The Kier molecular flexibility index (Phi) is 4.82. The minimum absolute atomic E-state index is 0.0176. The summed E-state index contributed by atoms with van der Waals surface area (Å²) in [5, 5.41) is 14.0. The number of hydrogen-bond donors (Lipinski definition) is 1. The van der Waals surface area contributed by atoms with E-state index < -0.39 is 14.8 Å². The smallest absolute Gasteiger partial charge is 0.292 e. The van der Waals surface area contributed by atoms with Crippen molar-refractivity contribution in [2.45, 2.75) is 11.4 Å². The molecule has 0 radical (unpaired) electrons. The van der Waals surface area contributed by atoms with E-state index in [1.807, 2.05) is 0 Å². The number of benzene rings is 2. The van der Waals surface area contributed by atoms with Gasteiger partial charge in [0.2, 0.25) is 0 Å². The van der Waals surface area contributed by atoms with Gasteiger partial charge in [0.15, 0.2) is 9.84 Å². The van der Waals surface area contributed by atoms with Crippen molar-refractivity contribution in [3.8, 4) is 0 Å². The Morgan fingerprint density at radius 2 is 1.82 bits per heavy atom. The molecule has 0 aliphatic heterocycles. The van der Waals surface area contributed by atoms with Gasteiger partial charge >= 0.3 is 0 Å². The van der Waals surface area contributed by atoms with E-state index in [1.165, 1.54) is 18.2 Å². The van der Waals surface area contributed by atoms with Crippen LogP contribution in [-0.4, -0.2) is 19.6 Å². The molecule has 0 unspecified atom stereocenters. The van der Waals surface area contributed by atoms with Gasteiger partial charge in [-0.2, -0.15) is 0 Å². The van der Waals surface area contributed by atoms with Crippen LogP contribution >= 0.6 is 15.9 Å². The van der Waals surface area contributed by atoms with Crippen molar-refractivity contribution in [1.29, 1.82) is 0 Å². The highest BCUT2D eigenvalue weighted by atomic mass is 79.9. The third-order valence-electron chi connectivity index (χ3n) is 2.99. The van der Waals surface area contributed by atoms with Crippen molar-refractivity contribution >= 4 is 37.1 Å². The van der Waals surface area contributed by atoms with E-state index in [-0.39, 0.29) is 10.6 Å². The first kappa shape index (κ1) is 16.4. The Labute approximate surface area is 136 Å². The summed E-state index contributed by atoms with van der Waals surface area (Å²) in [6.07, 6.45) is 1.14. The molecule has 22 heavy (non-hydrogen) atoms. The molecule has 2 rings (SSSR count). The molecule has 2 aromatic carbocycles. The van der Waals surface area contributed by atoms with E-state index in [9.17, 15) is 18.5 Å². The van der Waals surface area contributed by atoms with Gasteiger partial charge in [0.1, 0.15) is 5.69 Å². The first-order chi connectivity index (χ1) is 10.3. The van der Waals surface area contributed by atoms with Crippen molar-refractivity contribution < 1.29 is 13.3 Å². The summed E-state index contributed by atoms with van der Waals surface area (Å²) >= 11 is 3.27. The Balaban J connectivity index is 2.17. The average Bonchev–Trinajstić information content (AvgIpc) is 2.44. The summed E-state index contributed by atoms with van der Waals surface area (Å²) in [4.78, 5) is 10.8. The molecule has 116 valence electrons. The number of nitro benzene ring substituents is 1. The number of anilines is 1. The highest BCUT2D eigenvalue weighted by molar-refractivity contribution is 9.10. The normalized spacial score (nSPS) is 11.2. The van der Waals surface area contributed by atoms with Gasteiger partial charge in [-0.3, -0.25) is 10.1 Å². The summed E-state index contributed by atoms with van der Waals surface area (Å²) in [7, 11) is -3.23. The van der Waals surface area contributed by atoms with E-state index in [4.69, 9.17) is 0 Å². The Hall–Kier alpha value is -1.93. The predicted molar refractivity (Wildman–Crippen MR) is 87.7 cm³/mol. The van der Waals surface area contributed by atoms with Crippen molar-refractivity contribution in [3.63, 3.8) is 0 Å². The maximum absolute atomic E-state index is 11.4. The average molecular weight is 385 g/mol. The minimum Gasteiger partial charge on any atom is -0.375 e. The summed E-state index contributed by atoms with van der Waals surface area (Å²) in [6.45, 7) is 0.349. The van der Waals surface area contributed by atoms with Gasteiger partial charge < -0.3 is 5.32 Å². The first-order valence-electron chi connectivity index (χ1n) is 6.24. The van der Waals surface area contributed by atoms with Crippen LogP contribution < -0.4 is 5.32 Å². The van der Waals surface area contributed by atoms with E-state index in [0.29, 0.717) is 12.2 Å². The molecule has 0 atom stereocenters. The maximum Gasteiger partial charge on any atom is 0.292 e. The zero-order valence-corrected chi connectivity index (χ0v) is 14.0. The van der Waals surface area contributed by atoms with Gasteiger partial charge in [-0.25, -0.2) is 8.42 Å². The topological polar surface area (TPSA) is 89.3 Å². The molecule has 0 spiro atoms. The van der Waals surface area contributed by atoms with Crippen LogP contribution in [0.1, 0.15) is 5.56 Å². The molecule has 0 saturated carbocycles. The third-order valence-corrected chi connectivity index (χ3v) is 4.61. The van der Waals surface area contributed by atoms with Gasteiger partial charge in [-0.1, -0.05) is 28.1 Å². The van der Waals surface area contributed by atoms with Crippen molar-refractivity contribution in [2.75, 3.05) is 11.6 Å². The quantitative estimate of drug-likeness (QED) is 0.630. The zero-order valence-electron chi connectivity index (χ0n) is 11.6. The monoisotopic (exact) mass is 384 g/mol. The fourth-order valence-corrected chi connectivity index (χ4v) is 2.85. The van der Waals surface area contributed by atoms with Gasteiger partial charge in [0, 0.05) is 23.3 Å². The van der Waals surface area contributed by atoms with Crippen LogP contribution in [0, 0.1) is 10.1 Å². The van der Waals surface area contributed by atoms with Crippen LogP contribution in [0.4, 0.5) is 11.4 Å². The lowest BCUT2D eigenvalue weighted by molar-refractivity contribution is -0.384. The number of hydrogen-bond acceptors (Lipinski definition) is 5. The van der Waals surface area contributed by atoms with E-state index in [1.54, 1.807) is 24.3 Å². The SMILES string of the molecule is CS(=O)(=O)c1ccc(CNc2cc(Br)ccc2[N+](=O)[O-])cc1. The van der Waals surface area contributed by atoms with Gasteiger partial charge in [0.05, 0.1) is 9.82 Å². The molecule has 0 amide bonds. The van der Waals surface area contributed by atoms with E-state index in [0.717, 1.165) is 16.3 Å². The molecule has 0 aliphatic rings. The zero-order chi connectivity index (χ0) is 16.3. The molecule has 0 aliphatic carbocycles. The number of nitro groups is 1. The van der Waals surface area contributed by atoms with Gasteiger partial charge in [-0.05, 0) is 29.8 Å². The molecule has 0 aromatic heterocycles. The Bertz CT molecular complexity index is 804. The summed E-state index contributed by atoms with van der Waals surface area (Å²) in [5.74, 6) is 0. The van der Waals surface area contributed by atoms with Crippen LogP contribution in [-0.2, 0) is 16.4 Å². The molecule has 2 aromatic rings. The fourth-order valence-electron chi connectivity index (χ4n) is 1.86. The number of nitrogens with one attached hydrogen (secondary N) is 1. The summed E-state index contributed by atoms with van der Waals surface area (Å²) < 4.78 is 23.5. The Morgan fingerprint density at radius 1 is 1.18 bits per heavy atom. The lowest BCUT2D eigenvalue weighted by Crippen LogP contribution is -2.03. The Morgan fingerprint density at radius 3 is 2.36 bits per heavy atom. The number of nitrogens with zero attached hydrogens (tertiary/aromatic N) is 1. The van der Waals surface area contributed by atoms with Gasteiger partial charge in [-0.15, -0.1) is 0 Å². The molecule has 8 heteroatoms. The molecular formula is C14H13BrN2O4S. The highest BCUT2D eigenvalue weighted by Crippen LogP contribution is 2.28. The minimum atomic E-state index is -3.23. The highest BCUT2D eigenvalue weighted by Gasteiger charge is 2.13. The number of halogens is 1. The van der Waals surface area contributed by atoms with Crippen molar-refractivity contribution in [1.82, 2.24) is 0 Å². The second-order valence-electron chi connectivity index (χ2n) is 4.69. The first-order valence-corrected chi connectivity index (χ1v) is 8.92. The lowest BCUT2D eigenvalue weighted by Gasteiger charge is -2.08. The van der Waals surface area contributed by atoms with Crippen LogP contribution in [0.3, 0.4) is 0 Å². The summed E-state index contributed by atoms with van der Waals surface area (Å²) in [6, 6.07) is 11.0. The van der Waals surface area contributed by atoms with Gasteiger partial charge in [0.25, 0.3) is 5.69 Å². The molecular weight excluding hydrogens is 372 g/mol. The number of sulfone groups is 1. The fraction of sp³-hybridized carbons (Fsp3) is 0.143. The maximum atomic E-state index is 11.4. The van der Waals surface area contributed by atoms with Crippen molar-refractivity contribution in [2.24, 2.45) is 0 Å². The lowest BCUT2D eigenvalue weighted by atomic mass is 10.2. The molecule has 0 bridgehead atoms. The van der Waals surface area contributed by atoms with Crippen molar-refractivity contribution in [3.05, 3.63) is 62.6 Å². The van der Waals surface area contributed by atoms with E-state index in [2.05, 4.69) is 21.2 Å². The molecule has 0 fully saturated rings. The van der Waals surface area contributed by atoms with Crippen LogP contribution in [0.25, 0.3) is 0 Å². The predicted octanol–water partition coefficient (Wildman–Crippen LogP) is 3.37. The second kappa shape index (κ2) is 6.45. The van der Waals surface area contributed by atoms with E-state index >= 15 is 0 Å². The largest absolute Gasteiger partial charge is 0.375 e. The second-order valence-corrected chi connectivity index (χ2v) is 7.62. The molecule has 6 nitrogen and oxygen atoms in total. The van der Waals surface area contributed by atoms with Crippen LogP contribution in [0.2, 0.25) is 0 Å². The standard InChI is InChI=1S/C14H13BrN2O4S/c1-22(20,21)12-5-2-10(3-6-12)9-16-13-8-11(15)4-7-14(13)17(18)19/h2-8,16H,9H2,1H3. The molecule has 0 heterocycles. The summed E-state index contributed by atoms with van der Waals surface area (Å²) in [5.41, 5.74) is 1.20. The van der Waals surface area contributed by atoms with Crippen LogP contribution in [0.15, 0.2) is 51.8 Å². The molecule has 0 saturated heterocycles.